The fourth-order valence-electron chi connectivity index (χ4n) is 2.56. The second-order valence-corrected chi connectivity index (χ2v) is 6.86. The first-order valence-corrected chi connectivity index (χ1v) is 8.92. The van der Waals surface area contributed by atoms with Crippen LogP contribution in [0, 0.1) is 0 Å². The smallest absolute Gasteiger partial charge is 0.151 e. The minimum atomic E-state index is 0.354. The first-order chi connectivity index (χ1) is 12.5. The molecule has 0 saturated carbocycles. The van der Waals surface area contributed by atoms with Crippen LogP contribution >= 0.6 is 34.8 Å². The normalized spacial score (nSPS) is 10.7. The van der Waals surface area contributed by atoms with Crippen molar-refractivity contribution in [2.75, 3.05) is 5.73 Å². The number of hydrogen-bond donors (Lipinski definition) is 1. The van der Waals surface area contributed by atoms with Gasteiger partial charge in [0.1, 0.15) is 5.82 Å². The quantitative estimate of drug-likeness (QED) is 0.585. The van der Waals surface area contributed by atoms with E-state index < -0.39 is 0 Å². The molecule has 132 valence electrons. The summed E-state index contributed by atoms with van der Waals surface area (Å²) in [6.45, 7) is 0. The van der Waals surface area contributed by atoms with Crippen molar-refractivity contribution >= 4 is 46.9 Å². The van der Waals surface area contributed by atoms with Crippen molar-refractivity contribution in [1.82, 2.24) is 9.97 Å². The Bertz CT molecular complexity index is 956. The molecule has 2 N–H and O–H groups in total. The van der Waals surface area contributed by atoms with Gasteiger partial charge in [0.2, 0.25) is 0 Å². The van der Waals surface area contributed by atoms with E-state index in [0.717, 1.165) is 11.1 Å². The maximum Gasteiger partial charge on any atom is 0.151 e. The maximum absolute atomic E-state index is 10.9. The van der Waals surface area contributed by atoms with E-state index in [1.165, 1.54) is 0 Å². The molecule has 3 aromatic rings. The molecular formula is C19H14Cl3N3O. The van der Waals surface area contributed by atoms with Crippen LogP contribution in [-0.4, -0.2) is 16.3 Å². The second kappa shape index (κ2) is 8.04. The van der Waals surface area contributed by atoms with E-state index in [4.69, 9.17) is 40.5 Å². The number of benzene rings is 2. The van der Waals surface area contributed by atoms with Gasteiger partial charge < -0.3 is 5.73 Å². The van der Waals surface area contributed by atoms with E-state index in [2.05, 4.69) is 9.97 Å². The van der Waals surface area contributed by atoms with E-state index in [1.54, 1.807) is 42.6 Å². The Hall–Kier alpha value is -2.14. The molecule has 3 rings (SSSR count). The summed E-state index contributed by atoms with van der Waals surface area (Å²) in [7, 11) is 0. The minimum Gasteiger partial charge on any atom is -0.382 e. The van der Waals surface area contributed by atoms with Crippen molar-refractivity contribution in [2.45, 2.75) is 12.8 Å². The van der Waals surface area contributed by atoms with Crippen LogP contribution in [-0.2, 0) is 12.8 Å². The lowest BCUT2D eigenvalue weighted by atomic mass is 10.1. The van der Waals surface area contributed by atoms with Crippen LogP contribution in [0.2, 0.25) is 15.1 Å². The molecule has 26 heavy (non-hydrogen) atoms. The summed E-state index contributed by atoms with van der Waals surface area (Å²) in [6.07, 6.45) is 3.41. The number of aldehydes is 1. The summed E-state index contributed by atoms with van der Waals surface area (Å²) in [5.41, 5.74) is 9.27. The summed E-state index contributed by atoms with van der Waals surface area (Å²) in [6, 6.07) is 10.5. The molecule has 0 amide bonds. The number of hydrogen-bond acceptors (Lipinski definition) is 4. The molecular weight excluding hydrogens is 393 g/mol. The van der Waals surface area contributed by atoms with Crippen molar-refractivity contribution in [3.8, 4) is 11.3 Å². The van der Waals surface area contributed by atoms with Crippen molar-refractivity contribution in [3.63, 3.8) is 0 Å². The molecule has 0 radical (unpaired) electrons. The Morgan fingerprint density at radius 2 is 1.73 bits per heavy atom. The molecule has 0 spiro atoms. The number of carbonyl (C=O) groups is 1. The number of nitrogens with two attached hydrogens (primary N) is 1. The topological polar surface area (TPSA) is 68.9 Å². The summed E-state index contributed by atoms with van der Waals surface area (Å²) >= 11 is 18.5. The molecule has 7 heteroatoms. The Labute approximate surface area is 165 Å². The van der Waals surface area contributed by atoms with Crippen LogP contribution in [0.4, 0.5) is 5.82 Å². The third kappa shape index (κ3) is 3.98. The average Bonchev–Trinajstić information content (AvgIpc) is 2.62. The molecule has 0 aliphatic carbocycles. The highest BCUT2D eigenvalue weighted by molar-refractivity contribution is 6.36. The van der Waals surface area contributed by atoms with Gasteiger partial charge in [0.25, 0.3) is 0 Å². The van der Waals surface area contributed by atoms with Crippen LogP contribution in [0.3, 0.4) is 0 Å². The van der Waals surface area contributed by atoms with Crippen LogP contribution in [0.25, 0.3) is 11.3 Å². The predicted molar refractivity (Wildman–Crippen MR) is 106 cm³/mol. The SMILES string of the molecule is Nc1ncc(-c2ccc(C=O)c(Cl)c2)nc1CCc1c(Cl)cccc1Cl. The third-order valence-corrected chi connectivity index (χ3v) is 5.01. The predicted octanol–water partition coefficient (Wildman–Crippen LogP) is 5.28. The number of aromatic nitrogens is 2. The first-order valence-electron chi connectivity index (χ1n) is 7.79. The number of rotatable bonds is 5. The minimum absolute atomic E-state index is 0.354. The van der Waals surface area contributed by atoms with Crippen LogP contribution in [0.5, 0.6) is 0 Å². The fourth-order valence-corrected chi connectivity index (χ4v) is 3.37. The molecule has 0 saturated heterocycles. The molecule has 1 heterocycles. The lowest BCUT2D eigenvalue weighted by Crippen LogP contribution is -2.04. The highest BCUT2D eigenvalue weighted by atomic mass is 35.5. The fraction of sp³-hybridized carbons (Fsp3) is 0.105. The van der Waals surface area contributed by atoms with Gasteiger partial charge in [-0.05, 0) is 42.7 Å². The van der Waals surface area contributed by atoms with Crippen molar-refractivity contribution in [1.29, 1.82) is 0 Å². The van der Waals surface area contributed by atoms with Gasteiger partial charge in [-0.3, -0.25) is 4.79 Å². The maximum atomic E-state index is 10.9. The van der Waals surface area contributed by atoms with E-state index in [9.17, 15) is 4.79 Å². The number of carbonyl (C=O) groups excluding carboxylic acids is 1. The summed E-state index contributed by atoms with van der Waals surface area (Å²) in [5, 5.41) is 1.58. The molecule has 0 bridgehead atoms. The van der Waals surface area contributed by atoms with Gasteiger partial charge in [-0.25, -0.2) is 9.97 Å². The van der Waals surface area contributed by atoms with Gasteiger partial charge in [-0.15, -0.1) is 0 Å². The molecule has 0 aliphatic rings. The van der Waals surface area contributed by atoms with Crippen LogP contribution < -0.4 is 5.73 Å². The van der Waals surface area contributed by atoms with Gasteiger partial charge in [-0.2, -0.15) is 0 Å². The molecule has 0 unspecified atom stereocenters. The number of nitrogen functional groups attached to an aromatic ring is 1. The Kier molecular flexibility index (Phi) is 5.77. The van der Waals surface area contributed by atoms with Crippen molar-refractivity contribution in [2.24, 2.45) is 0 Å². The zero-order valence-corrected chi connectivity index (χ0v) is 15.8. The number of aryl methyl sites for hydroxylation is 1. The van der Waals surface area contributed by atoms with Crippen LogP contribution in [0.1, 0.15) is 21.6 Å². The zero-order valence-electron chi connectivity index (χ0n) is 13.5. The number of nitrogens with zero attached hydrogens (tertiary/aromatic N) is 2. The van der Waals surface area contributed by atoms with Crippen molar-refractivity contribution in [3.05, 3.63) is 74.5 Å². The average molecular weight is 407 g/mol. The first kappa shape index (κ1) is 18.6. The molecule has 1 aromatic heterocycles. The summed E-state index contributed by atoms with van der Waals surface area (Å²) in [4.78, 5) is 19.7. The summed E-state index contributed by atoms with van der Waals surface area (Å²) < 4.78 is 0. The highest BCUT2D eigenvalue weighted by Gasteiger charge is 2.11. The van der Waals surface area contributed by atoms with E-state index in [1.807, 2.05) is 0 Å². The largest absolute Gasteiger partial charge is 0.382 e. The van der Waals surface area contributed by atoms with E-state index in [0.29, 0.717) is 57.0 Å². The number of halogens is 3. The number of anilines is 1. The van der Waals surface area contributed by atoms with Crippen molar-refractivity contribution < 1.29 is 4.79 Å². The monoisotopic (exact) mass is 405 g/mol. The highest BCUT2D eigenvalue weighted by Crippen LogP contribution is 2.27. The van der Waals surface area contributed by atoms with Crippen LogP contribution in [0.15, 0.2) is 42.6 Å². The summed E-state index contributed by atoms with van der Waals surface area (Å²) in [5.74, 6) is 0.354. The molecule has 0 aliphatic heterocycles. The standard InChI is InChI=1S/C19H14Cl3N3O/c20-14-2-1-3-15(21)13(14)6-7-17-19(23)24-9-18(25-17)11-4-5-12(10-26)16(22)8-11/h1-5,8-10H,6-7H2,(H2,23,24). The zero-order chi connectivity index (χ0) is 18.7. The van der Waals surface area contributed by atoms with Gasteiger partial charge >= 0.3 is 0 Å². The van der Waals surface area contributed by atoms with E-state index >= 15 is 0 Å². The Morgan fingerprint density at radius 1 is 1.00 bits per heavy atom. The van der Waals surface area contributed by atoms with Gasteiger partial charge in [0, 0.05) is 21.2 Å². The molecule has 0 fully saturated rings. The molecule has 0 atom stereocenters. The van der Waals surface area contributed by atoms with E-state index in [-0.39, 0.29) is 0 Å². The van der Waals surface area contributed by atoms with Gasteiger partial charge in [-0.1, -0.05) is 46.9 Å². The van der Waals surface area contributed by atoms with Gasteiger partial charge in [0.05, 0.1) is 22.6 Å². The molecule has 2 aromatic carbocycles. The Morgan fingerprint density at radius 3 is 2.38 bits per heavy atom. The third-order valence-electron chi connectivity index (χ3n) is 3.97. The molecule has 4 nitrogen and oxygen atoms in total. The lowest BCUT2D eigenvalue weighted by molar-refractivity contribution is 0.112. The lowest BCUT2D eigenvalue weighted by Gasteiger charge is -2.10. The Balaban J connectivity index is 1.88. The second-order valence-electron chi connectivity index (χ2n) is 5.64. The van der Waals surface area contributed by atoms with Gasteiger partial charge in [0.15, 0.2) is 6.29 Å².